The lowest BCUT2D eigenvalue weighted by Gasteiger charge is -2.23. The van der Waals surface area contributed by atoms with E-state index in [2.05, 4.69) is 0 Å². The van der Waals surface area contributed by atoms with E-state index in [9.17, 15) is 18.5 Å². The summed E-state index contributed by atoms with van der Waals surface area (Å²) in [7, 11) is -3.84. The number of hydrogen-bond acceptors (Lipinski definition) is 4. The highest BCUT2D eigenvalue weighted by atomic mass is 32.2. The zero-order valence-corrected chi connectivity index (χ0v) is 13.1. The highest BCUT2D eigenvalue weighted by molar-refractivity contribution is 7.92. The summed E-state index contributed by atoms with van der Waals surface area (Å²) in [6.07, 6.45) is 0. The van der Waals surface area contributed by atoms with E-state index in [1.54, 1.807) is 19.1 Å². The lowest BCUT2D eigenvalue weighted by Crippen LogP contribution is -2.30. The van der Waals surface area contributed by atoms with Crippen molar-refractivity contribution in [2.24, 2.45) is 0 Å². The van der Waals surface area contributed by atoms with Gasteiger partial charge < -0.3 is 0 Å². The Morgan fingerprint density at radius 3 is 2.32 bits per heavy atom. The van der Waals surface area contributed by atoms with E-state index in [0.717, 1.165) is 11.6 Å². The van der Waals surface area contributed by atoms with Gasteiger partial charge in [-0.05, 0) is 32.0 Å². The molecule has 0 aliphatic rings. The van der Waals surface area contributed by atoms with Gasteiger partial charge in [-0.25, -0.2) is 8.42 Å². The molecule has 6 nitrogen and oxygen atoms in total. The molecule has 0 N–H and O–H groups in total. The number of non-ortho nitro benzene ring substituents is 1. The molecule has 0 fully saturated rings. The minimum atomic E-state index is -3.84. The first-order valence-corrected chi connectivity index (χ1v) is 8.14. The van der Waals surface area contributed by atoms with E-state index < -0.39 is 14.9 Å². The van der Waals surface area contributed by atoms with Gasteiger partial charge in [0.1, 0.15) is 0 Å². The fourth-order valence-electron chi connectivity index (χ4n) is 2.09. The minimum Gasteiger partial charge on any atom is -0.267 e. The molecule has 0 spiro atoms. The maximum atomic E-state index is 12.7. The van der Waals surface area contributed by atoms with Crippen molar-refractivity contribution in [1.82, 2.24) is 0 Å². The Morgan fingerprint density at radius 2 is 1.77 bits per heavy atom. The SMILES string of the molecule is CCN(c1ccc(C)cc1)S(=O)(=O)c1cccc([N+](=O)[O-])c1. The highest BCUT2D eigenvalue weighted by Gasteiger charge is 2.25. The number of benzene rings is 2. The second-order valence-corrected chi connectivity index (χ2v) is 6.62. The summed E-state index contributed by atoms with van der Waals surface area (Å²) in [4.78, 5) is 10.1. The predicted molar refractivity (Wildman–Crippen MR) is 84.5 cm³/mol. The van der Waals surface area contributed by atoms with E-state index in [-0.39, 0.29) is 17.1 Å². The molecule has 0 aliphatic carbocycles. The molecule has 0 saturated carbocycles. The number of nitrogens with zero attached hydrogens (tertiary/aromatic N) is 2. The molecule has 7 heteroatoms. The summed E-state index contributed by atoms with van der Waals surface area (Å²) < 4.78 is 26.7. The maximum Gasteiger partial charge on any atom is 0.270 e. The number of anilines is 1. The van der Waals surface area contributed by atoms with Gasteiger partial charge in [-0.15, -0.1) is 0 Å². The molecule has 22 heavy (non-hydrogen) atoms. The van der Waals surface area contributed by atoms with Gasteiger partial charge in [-0.3, -0.25) is 14.4 Å². The van der Waals surface area contributed by atoms with Gasteiger partial charge >= 0.3 is 0 Å². The standard InChI is InChI=1S/C15H16N2O4S/c1-3-16(13-9-7-12(2)8-10-13)22(20,21)15-6-4-5-14(11-15)17(18)19/h4-11H,3H2,1-2H3. The van der Waals surface area contributed by atoms with Gasteiger partial charge in [0.25, 0.3) is 15.7 Å². The molecular formula is C15H16N2O4S. The normalized spacial score (nSPS) is 11.2. The van der Waals surface area contributed by atoms with E-state index in [1.807, 2.05) is 19.1 Å². The predicted octanol–water partition coefficient (Wildman–Crippen LogP) is 3.12. The number of hydrogen-bond donors (Lipinski definition) is 0. The van der Waals surface area contributed by atoms with Gasteiger partial charge in [0.05, 0.1) is 15.5 Å². The average Bonchev–Trinajstić information content (AvgIpc) is 2.50. The van der Waals surface area contributed by atoms with Crippen molar-refractivity contribution in [3.05, 3.63) is 64.2 Å². The molecular weight excluding hydrogens is 304 g/mol. The second-order valence-electron chi connectivity index (χ2n) is 4.76. The third kappa shape index (κ3) is 3.09. The lowest BCUT2D eigenvalue weighted by molar-refractivity contribution is -0.385. The molecule has 116 valence electrons. The Hall–Kier alpha value is -2.41. The first-order chi connectivity index (χ1) is 10.4. The largest absolute Gasteiger partial charge is 0.270 e. The molecule has 2 aromatic rings. The first kappa shape index (κ1) is 16.0. The summed E-state index contributed by atoms with van der Waals surface area (Å²) in [5, 5.41) is 10.8. The molecule has 0 saturated heterocycles. The zero-order valence-electron chi connectivity index (χ0n) is 12.3. The van der Waals surface area contributed by atoms with Crippen LogP contribution in [-0.2, 0) is 10.0 Å². The van der Waals surface area contributed by atoms with E-state index in [4.69, 9.17) is 0 Å². The quantitative estimate of drug-likeness (QED) is 0.626. The third-order valence-electron chi connectivity index (χ3n) is 3.23. The Balaban J connectivity index is 2.49. The number of rotatable bonds is 5. The zero-order chi connectivity index (χ0) is 16.3. The molecule has 2 rings (SSSR count). The number of nitro groups is 1. The molecule has 0 bridgehead atoms. The van der Waals surface area contributed by atoms with Crippen LogP contribution in [0, 0.1) is 17.0 Å². The molecule has 0 aliphatic heterocycles. The molecule has 0 atom stereocenters. The van der Waals surface area contributed by atoms with Crippen LogP contribution in [0.2, 0.25) is 0 Å². The van der Waals surface area contributed by atoms with Crippen LogP contribution in [0.15, 0.2) is 53.4 Å². The third-order valence-corrected chi connectivity index (χ3v) is 5.12. The average molecular weight is 320 g/mol. The first-order valence-electron chi connectivity index (χ1n) is 6.70. The number of sulfonamides is 1. The summed E-state index contributed by atoms with van der Waals surface area (Å²) in [6, 6.07) is 12.1. The highest BCUT2D eigenvalue weighted by Crippen LogP contribution is 2.25. The van der Waals surface area contributed by atoms with E-state index in [0.29, 0.717) is 5.69 Å². The fourth-order valence-corrected chi connectivity index (χ4v) is 3.60. The van der Waals surface area contributed by atoms with Crippen LogP contribution in [-0.4, -0.2) is 19.9 Å². The van der Waals surface area contributed by atoms with E-state index in [1.165, 1.54) is 22.5 Å². The van der Waals surface area contributed by atoms with Crippen molar-refractivity contribution in [2.75, 3.05) is 10.8 Å². The van der Waals surface area contributed by atoms with Crippen molar-refractivity contribution in [1.29, 1.82) is 0 Å². The van der Waals surface area contributed by atoms with Crippen LogP contribution >= 0.6 is 0 Å². The Morgan fingerprint density at radius 1 is 1.14 bits per heavy atom. The maximum absolute atomic E-state index is 12.7. The van der Waals surface area contributed by atoms with Crippen molar-refractivity contribution in [3.63, 3.8) is 0 Å². The Kier molecular flexibility index (Phi) is 4.46. The van der Waals surface area contributed by atoms with Gasteiger partial charge in [0.15, 0.2) is 0 Å². The van der Waals surface area contributed by atoms with E-state index >= 15 is 0 Å². The van der Waals surface area contributed by atoms with Crippen LogP contribution in [0.1, 0.15) is 12.5 Å². The lowest BCUT2D eigenvalue weighted by atomic mass is 10.2. The van der Waals surface area contributed by atoms with Crippen LogP contribution in [0.5, 0.6) is 0 Å². The van der Waals surface area contributed by atoms with Crippen LogP contribution in [0.4, 0.5) is 11.4 Å². The monoisotopic (exact) mass is 320 g/mol. The molecule has 0 amide bonds. The number of nitro benzene ring substituents is 1. The van der Waals surface area contributed by atoms with Crippen molar-refractivity contribution >= 4 is 21.4 Å². The Bertz CT molecular complexity index is 785. The summed E-state index contributed by atoms with van der Waals surface area (Å²) in [5.41, 5.74) is 1.30. The number of aryl methyl sites for hydroxylation is 1. The van der Waals surface area contributed by atoms with Crippen molar-refractivity contribution < 1.29 is 13.3 Å². The Labute approximate surface area is 129 Å². The molecule has 2 aromatic carbocycles. The topological polar surface area (TPSA) is 80.5 Å². The molecule has 0 unspecified atom stereocenters. The summed E-state index contributed by atoms with van der Waals surface area (Å²) in [6.45, 7) is 3.86. The van der Waals surface area contributed by atoms with Gasteiger partial charge in [-0.2, -0.15) is 0 Å². The van der Waals surface area contributed by atoms with Crippen LogP contribution < -0.4 is 4.31 Å². The molecule has 0 radical (unpaired) electrons. The molecule has 0 aromatic heterocycles. The minimum absolute atomic E-state index is 0.0934. The van der Waals surface area contributed by atoms with Gasteiger partial charge in [-0.1, -0.05) is 23.8 Å². The van der Waals surface area contributed by atoms with Crippen molar-refractivity contribution in [3.8, 4) is 0 Å². The second kappa shape index (κ2) is 6.15. The van der Waals surface area contributed by atoms with Gasteiger partial charge in [0, 0.05) is 18.7 Å². The summed E-state index contributed by atoms with van der Waals surface area (Å²) >= 11 is 0. The van der Waals surface area contributed by atoms with Crippen LogP contribution in [0.3, 0.4) is 0 Å². The smallest absolute Gasteiger partial charge is 0.267 e. The fraction of sp³-hybridized carbons (Fsp3) is 0.200. The molecule has 0 heterocycles. The van der Waals surface area contributed by atoms with Crippen molar-refractivity contribution in [2.45, 2.75) is 18.7 Å². The summed E-state index contributed by atoms with van der Waals surface area (Å²) in [5.74, 6) is 0. The van der Waals surface area contributed by atoms with Gasteiger partial charge in [0.2, 0.25) is 0 Å². The van der Waals surface area contributed by atoms with Crippen LogP contribution in [0.25, 0.3) is 0 Å².